The van der Waals surface area contributed by atoms with Crippen molar-refractivity contribution in [3.63, 3.8) is 0 Å². The summed E-state index contributed by atoms with van der Waals surface area (Å²) in [6.07, 6.45) is -2.46. The fraction of sp³-hybridized carbons (Fsp3) is 0.0455. The van der Waals surface area contributed by atoms with Crippen molar-refractivity contribution in [1.29, 1.82) is 0 Å². The van der Waals surface area contributed by atoms with Gasteiger partial charge in [-0.1, -0.05) is 121 Å². The summed E-state index contributed by atoms with van der Waals surface area (Å²) in [4.78, 5) is 81.6. The minimum absolute atomic E-state index is 0.0235. The van der Waals surface area contributed by atoms with Gasteiger partial charge in [0.15, 0.2) is 12.2 Å². The number of amides is 2. The Kier molecular flexibility index (Phi) is 9.63. The molecule has 53 heavy (non-hydrogen) atoms. The van der Waals surface area contributed by atoms with Crippen molar-refractivity contribution in [1.82, 2.24) is 0 Å². The van der Waals surface area contributed by atoms with Crippen LogP contribution in [0, 0.1) is 0 Å². The highest BCUT2D eigenvalue weighted by atomic mass is 16.6. The van der Waals surface area contributed by atoms with Crippen LogP contribution in [0.5, 0.6) is 0 Å². The van der Waals surface area contributed by atoms with Gasteiger partial charge < -0.3 is 9.47 Å². The van der Waals surface area contributed by atoms with E-state index in [1.807, 2.05) is 0 Å². The predicted molar refractivity (Wildman–Crippen MR) is 195 cm³/mol. The standard InChI is InChI=1S/C44H29NO8/c46-37(28-13-5-1-6-14-28)39(30-17-9-3-10-18-30)52-43(50)32-21-24-34(25-22-32)45-41(48)35-26-23-33(27-36(35)42(45)49)44(51)53-40(31-19-11-4-12-20-31)38(47)29-15-7-2-8-16-29/h1-27,39-40H/t39-,40-/m0/s1. The molecule has 0 aromatic heterocycles. The molecule has 258 valence electrons. The third kappa shape index (κ3) is 7.04. The van der Waals surface area contributed by atoms with E-state index in [9.17, 15) is 28.8 Å². The Balaban J connectivity index is 1.08. The molecule has 0 spiro atoms. The second kappa shape index (κ2) is 14.9. The molecule has 0 saturated carbocycles. The van der Waals surface area contributed by atoms with Crippen LogP contribution in [-0.4, -0.2) is 35.3 Å². The van der Waals surface area contributed by atoms with Crippen LogP contribution in [0.3, 0.4) is 0 Å². The Morgan fingerprint density at radius 1 is 0.415 bits per heavy atom. The molecule has 0 radical (unpaired) electrons. The summed E-state index contributed by atoms with van der Waals surface area (Å²) in [7, 11) is 0. The fourth-order valence-corrected chi connectivity index (χ4v) is 6.01. The summed E-state index contributed by atoms with van der Waals surface area (Å²) in [5.41, 5.74) is 2.00. The van der Waals surface area contributed by atoms with Gasteiger partial charge in [0, 0.05) is 22.3 Å². The average Bonchev–Trinajstić information content (AvgIpc) is 3.47. The molecular formula is C44H29NO8. The van der Waals surface area contributed by atoms with Gasteiger partial charge in [-0.05, 0) is 42.5 Å². The van der Waals surface area contributed by atoms with Gasteiger partial charge in [-0.15, -0.1) is 0 Å². The van der Waals surface area contributed by atoms with Gasteiger partial charge in [0.2, 0.25) is 11.6 Å². The van der Waals surface area contributed by atoms with Gasteiger partial charge in [0.05, 0.1) is 27.9 Å². The molecule has 0 unspecified atom stereocenters. The van der Waals surface area contributed by atoms with E-state index in [1.54, 1.807) is 121 Å². The van der Waals surface area contributed by atoms with Crippen LogP contribution < -0.4 is 4.90 Å². The maximum atomic E-state index is 13.6. The summed E-state index contributed by atoms with van der Waals surface area (Å²) in [6.45, 7) is 0. The Morgan fingerprint density at radius 3 is 1.28 bits per heavy atom. The molecule has 0 saturated heterocycles. The van der Waals surface area contributed by atoms with Gasteiger partial charge in [-0.3, -0.25) is 19.2 Å². The van der Waals surface area contributed by atoms with Crippen molar-refractivity contribution < 1.29 is 38.2 Å². The summed E-state index contributed by atoms with van der Waals surface area (Å²) < 4.78 is 11.5. The number of hydrogen-bond acceptors (Lipinski definition) is 8. The Morgan fingerprint density at radius 2 is 0.811 bits per heavy atom. The number of rotatable bonds is 11. The second-order valence-corrected chi connectivity index (χ2v) is 12.1. The molecule has 0 fully saturated rings. The number of Topliss-reactive ketones (excluding diaryl/α,β-unsaturated/α-hetero) is 2. The molecular weight excluding hydrogens is 670 g/mol. The van der Waals surface area contributed by atoms with Crippen molar-refractivity contribution in [3.05, 3.63) is 208 Å². The number of benzene rings is 6. The second-order valence-electron chi connectivity index (χ2n) is 12.1. The van der Waals surface area contributed by atoms with Crippen LogP contribution in [0.4, 0.5) is 5.69 Å². The molecule has 1 aliphatic rings. The van der Waals surface area contributed by atoms with E-state index in [0.29, 0.717) is 22.3 Å². The van der Waals surface area contributed by atoms with Crippen molar-refractivity contribution in [2.45, 2.75) is 12.2 Å². The number of nitrogens with zero attached hydrogens (tertiary/aromatic N) is 1. The van der Waals surface area contributed by atoms with Crippen molar-refractivity contribution in [3.8, 4) is 0 Å². The number of ether oxygens (including phenoxy) is 2. The molecule has 2 atom stereocenters. The van der Waals surface area contributed by atoms with Gasteiger partial charge in [0.1, 0.15) is 0 Å². The zero-order valence-corrected chi connectivity index (χ0v) is 28.0. The number of imide groups is 1. The Bertz CT molecular complexity index is 2340. The smallest absolute Gasteiger partial charge is 0.339 e. The number of carbonyl (C=O) groups excluding carboxylic acids is 6. The maximum absolute atomic E-state index is 13.6. The van der Waals surface area contributed by atoms with Gasteiger partial charge in [0.25, 0.3) is 11.8 Å². The third-order valence-corrected chi connectivity index (χ3v) is 8.73. The highest BCUT2D eigenvalue weighted by Crippen LogP contribution is 2.31. The normalized spacial score (nSPS) is 13.1. The van der Waals surface area contributed by atoms with E-state index in [1.165, 1.54) is 42.5 Å². The number of hydrogen-bond donors (Lipinski definition) is 0. The Hall–Kier alpha value is -7.26. The van der Waals surface area contributed by atoms with Gasteiger partial charge in [-0.2, -0.15) is 0 Å². The molecule has 2 amide bonds. The summed E-state index contributed by atoms with van der Waals surface area (Å²) in [5.74, 6) is -3.76. The zero-order valence-electron chi connectivity index (χ0n) is 28.0. The SMILES string of the molecule is O=C(O[C@H](C(=O)c1ccccc1)c1ccccc1)c1ccc(N2C(=O)c3ccc(C(=O)O[C@H](C(=O)c4ccccc4)c4ccccc4)cc3C2=O)cc1. The molecule has 0 bridgehead atoms. The lowest BCUT2D eigenvalue weighted by Gasteiger charge is -2.18. The number of esters is 2. The van der Waals surface area contributed by atoms with Crippen molar-refractivity contribution in [2.24, 2.45) is 0 Å². The van der Waals surface area contributed by atoms with Crippen LogP contribution in [0.2, 0.25) is 0 Å². The lowest BCUT2D eigenvalue weighted by atomic mass is 9.99. The molecule has 0 N–H and O–H groups in total. The quantitative estimate of drug-likeness (QED) is 0.0756. The summed E-state index contributed by atoms with van der Waals surface area (Å²) in [5, 5.41) is 0. The van der Waals surface area contributed by atoms with Crippen LogP contribution in [-0.2, 0) is 9.47 Å². The van der Waals surface area contributed by atoms with E-state index < -0.39 is 47.5 Å². The first-order valence-corrected chi connectivity index (χ1v) is 16.6. The van der Waals surface area contributed by atoms with Gasteiger partial charge >= 0.3 is 11.9 Å². The number of carbonyl (C=O) groups is 6. The number of anilines is 1. The van der Waals surface area contributed by atoms with Crippen LogP contribution in [0.15, 0.2) is 164 Å². The zero-order chi connectivity index (χ0) is 36.9. The lowest BCUT2D eigenvalue weighted by molar-refractivity contribution is 0.0278. The average molecular weight is 700 g/mol. The van der Waals surface area contributed by atoms with Crippen LogP contribution >= 0.6 is 0 Å². The highest BCUT2D eigenvalue weighted by Gasteiger charge is 2.38. The first kappa shape index (κ1) is 34.2. The minimum Gasteiger partial charge on any atom is -0.445 e. The molecule has 6 aromatic carbocycles. The van der Waals surface area contributed by atoms with Gasteiger partial charge in [-0.25, -0.2) is 14.5 Å². The van der Waals surface area contributed by atoms with E-state index in [4.69, 9.17) is 9.47 Å². The monoisotopic (exact) mass is 699 g/mol. The van der Waals surface area contributed by atoms with Crippen molar-refractivity contribution in [2.75, 3.05) is 4.90 Å². The molecule has 9 nitrogen and oxygen atoms in total. The van der Waals surface area contributed by atoms with E-state index in [2.05, 4.69) is 0 Å². The topological polar surface area (TPSA) is 124 Å². The number of ketones is 2. The molecule has 1 heterocycles. The summed E-state index contributed by atoms with van der Waals surface area (Å²) >= 11 is 0. The lowest BCUT2D eigenvalue weighted by Crippen LogP contribution is -2.29. The van der Waals surface area contributed by atoms with Crippen molar-refractivity contribution >= 4 is 41.0 Å². The molecule has 7 rings (SSSR count). The number of fused-ring (bicyclic) bond motifs is 1. The highest BCUT2D eigenvalue weighted by molar-refractivity contribution is 6.34. The predicted octanol–water partition coefficient (Wildman–Crippen LogP) is 8.05. The fourth-order valence-electron chi connectivity index (χ4n) is 6.01. The van der Waals surface area contributed by atoms with E-state index >= 15 is 0 Å². The molecule has 9 heteroatoms. The maximum Gasteiger partial charge on any atom is 0.339 e. The first-order valence-electron chi connectivity index (χ1n) is 16.6. The molecule has 1 aliphatic heterocycles. The van der Waals surface area contributed by atoms with Crippen LogP contribution in [0.25, 0.3) is 0 Å². The molecule has 0 aliphatic carbocycles. The largest absolute Gasteiger partial charge is 0.445 e. The summed E-state index contributed by atoms with van der Waals surface area (Å²) in [6, 6.07) is 43.8. The Labute approximate surface area is 304 Å². The van der Waals surface area contributed by atoms with E-state index in [0.717, 1.165) is 4.90 Å². The van der Waals surface area contributed by atoms with Crippen LogP contribution in [0.1, 0.15) is 85.5 Å². The minimum atomic E-state index is -1.25. The molecule has 6 aromatic rings. The van der Waals surface area contributed by atoms with E-state index in [-0.39, 0.29) is 27.9 Å². The third-order valence-electron chi connectivity index (χ3n) is 8.73. The first-order chi connectivity index (χ1) is 25.8.